The fourth-order valence-electron chi connectivity index (χ4n) is 1.41. The van der Waals surface area contributed by atoms with E-state index in [-0.39, 0.29) is 6.61 Å². The van der Waals surface area contributed by atoms with Gasteiger partial charge in [-0.1, -0.05) is 30.3 Å². The third-order valence-electron chi connectivity index (χ3n) is 2.22. The van der Waals surface area contributed by atoms with Crippen LogP contribution in [0.5, 0.6) is 0 Å². The molecule has 1 N–H and O–H groups in total. The van der Waals surface area contributed by atoms with E-state index >= 15 is 0 Å². The largest absolute Gasteiger partial charge is 0.444 e. The van der Waals surface area contributed by atoms with Crippen molar-refractivity contribution in [2.24, 2.45) is 0 Å². The first-order valence-electron chi connectivity index (χ1n) is 5.44. The van der Waals surface area contributed by atoms with Gasteiger partial charge in [0.15, 0.2) is 0 Å². The van der Waals surface area contributed by atoms with Crippen LogP contribution in [-0.2, 0) is 11.3 Å². The third kappa shape index (κ3) is 4.65. The van der Waals surface area contributed by atoms with E-state index in [0.29, 0.717) is 14.9 Å². The molecule has 0 unspecified atom stereocenters. The minimum absolute atomic E-state index is 0.236. The average Bonchev–Trinajstić information content (AvgIpc) is 2.36. The molecule has 0 aliphatic heterocycles. The molecule has 2 aromatic rings. The van der Waals surface area contributed by atoms with Gasteiger partial charge in [-0.25, -0.2) is 9.78 Å². The van der Waals surface area contributed by atoms with Gasteiger partial charge in [-0.05, 0) is 49.6 Å². The quantitative estimate of drug-likeness (QED) is 0.798. The van der Waals surface area contributed by atoms with E-state index in [0.717, 1.165) is 5.56 Å². The number of pyridine rings is 1. The Labute approximate surface area is 127 Å². The predicted octanol–water partition coefficient (Wildman–Crippen LogP) is 4.36. The van der Waals surface area contributed by atoms with Gasteiger partial charge in [0.2, 0.25) is 0 Å². The van der Waals surface area contributed by atoms with E-state index in [4.69, 9.17) is 4.74 Å². The number of halogens is 2. The summed E-state index contributed by atoms with van der Waals surface area (Å²) in [6.45, 7) is 0.236. The molecule has 1 aromatic carbocycles. The van der Waals surface area contributed by atoms with E-state index in [2.05, 4.69) is 42.2 Å². The summed E-state index contributed by atoms with van der Waals surface area (Å²) in [5.41, 5.74) is 1.54. The van der Waals surface area contributed by atoms with E-state index in [1.165, 1.54) is 0 Å². The normalized spacial score (nSPS) is 10.0. The van der Waals surface area contributed by atoms with Crippen molar-refractivity contribution in [3.8, 4) is 0 Å². The van der Waals surface area contributed by atoms with Crippen LogP contribution in [0.25, 0.3) is 0 Å². The van der Waals surface area contributed by atoms with Gasteiger partial charge in [-0.2, -0.15) is 0 Å². The molecular weight excluding hydrogens is 376 g/mol. The van der Waals surface area contributed by atoms with E-state index in [1.807, 2.05) is 30.3 Å². The van der Waals surface area contributed by atoms with Gasteiger partial charge in [-0.3, -0.25) is 5.32 Å². The van der Waals surface area contributed by atoms with Crippen LogP contribution >= 0.6 is 31.9 Å². The molecule has 0 aliphatic carbocycles. The highest BCUT2D eigenvalue weighted by Gasteiger charge is 2.05. The number of rotatable bonds is 3. The van der Waals surface area contributed by atoms with Crippen molar-refractivity contribution in [2.75, 3.05) is 5.32 Å². The first-order chi connectivity index (χ1) is 9.13. The highest BCUT2D eigenvalue weighted by atomic mass is 79.9. The lowest BCUT2D eigenvalue weighted by molar-refractivity contribution is 0.155. The van der Waals surface area contributed by atoms with Gasteiger partial charge >= 0.3 is 6.09 Å². The number of ether oxygens (including phenoxy) is 1. The van der Waals surface area contributed by atoms with Crippen LogP contribution in [0.1, 0.15) is 5.56 Å². The molecule has 1 heterocycles. The van der Waals surface area contributed by atoms with E-state index < -0.39 is 6.09 Å². The Kier molecular flexibility index (Phi) is 4.93. The van der Waals surface area contributed by atoms with Crippen molar-refractivity contribution >= 4 is 43.6 Å². The molecule has 4 nitrogen and oxygen atoms in total. The fraction of sp³-hybridized carbons (Fsp3) is 0.0769. The summed E-state index contributed by atoms with van der Waals surface area (Å²) in [6, 6.07) is 12.9. The number of hydrogen-bond donors (Lipinski definition) is 1. The monoisotopic (exact) mass is 384 g/mol. The average molecular weight is 386 g/mol. The van der Waals surface area contributed by atoms with E-state index in [1.54, 1.807) is 12.1 Å². The van der Waals surface area contributed by atoms with Crippen LogP contribution in [0, 0.1) is 0 Å². The lowest BCUT2D eigenvalue weighted by atomic mass is 10.2. The molecule has 1 amide bonds. The Morgan fingerprint density at radius 2 is 1.79 bits per heavy atom. The van der Waals surface area contributed by atoms with Crippen LogP contribution in [0.15, 0.2) is 51.7 Å². The van der Waals surface area contributed by atoms with Crippen molar-refractivity contribution in [3.63, 3.8) is 0 Å². The SMILES string of the molecule is O=C(Nc1cc(Br)nc(Br)c1)OCc1ccccc1. The minimum Gasteiger partial charge on any atom is -0.444 e. The third-order valence-corrected chi connectivity index (χ3v) is 3.03. The van der Waals surface area contributed by atoms with Crippen LogP contribution in [0.2, 0.25) is 0 Å². The summed E-state index contributed by atoms with van der Waals surface area (Å²) in [5, 5.41) is 2.63. The maximum Gasteiger partial charge on any atom is 0.411 e. The zero-order valence-electron chi connectivity index (χ0n) is 9.77. The van der Waals surface area contributed by atoms with Crippen molar-refractivity contribution in [1.82, 2.24) is 4.98 Å². The molecule has 0 saturated carbocycles. The zero-order valence-corrected chi connectivity index (χ0v) is 12.9. The smallest absolute Gasteiger partial charge is 0.411 e. The lowest BCUT2D eigenvalue weighted by Crippen LogP contribution is -2.13. The maximum atomic E-state index is 11.6. The number of amides is 1. The second-order valence-corrected chi connectivity index (χ2v) is 5.31. The van der Waals surface area contributed by atoms with Gasteiger partial charge in [0.05, 0.1) is 0 Å². The first-order valence-corrected chi connectivity index (χ1v) is 7.03. The van der Waals surface area contributed by atoms with Gasteiger partial charge in [0, 0.05) is 5.69 Å². The number of carbonyl (C=O) groups excluding carboxylic acids is 1. The highest BCUT2D eigenvalue weighted by molar-refractivity contribution is 9.11. The summed E-state index contributed by atoms with van der Waals surface area (Å²) in [4.78, 5) is 15.7. The Bertz CT molecular complexity index is 556. The number of anilines is 1. The summed E-state index contributed by atoms with van der Waals surface area (Å²) in [5.74, 6) is 0. The second kappa shape index (κ2) is 6.68. The minimum atomic E-state index is -0.506. The predicted molar refractivity (Wildman–Crippen MR) is 79.9 cm³/mol. The van der Waals surface area contributed by atoms with Crippen LogP contribution in [0.4, 0.5) is 10.5 Å². The van der Waals surface area contributed by atoms with Gasteiger partial charge in [0.25, 0.3) is 0 Å². The summed E-state index contributed by atoms with van der Waals surface area (Å²) < 4.78 is 6.36. The van der Waals surface area contributed by atoms with Crippen molar-refractivity contribution in [2.45, 2.75) is 6.61 Å². The molecule has 0 fully saturated rings. The Morgan fingerprint density at radius 1 is 1.16 bits per heavy atom. The van der Waals surface area contributed by atoms with E-state index in [9.17, 15) is 4.79 Å². The second-order valence-electron chi connectivity index (χ2n) is 3.69. The standard InChI is InChI=1S/C13H10Br2N2O2/c14-11-6-10(7-12(15)17-11)16-13(18)19-8-9-4-2-1-3-5-9/h1-7H,8H2,(H,16,17,18). The number of aromatic nitrogens is 1. The molecule has 0 saturated heterocycles. The van der Waals surface area contributed by atoms with Crippen molar-refractivity contribution in [3.05, 3.63) is 57.2 Å². The molecule has 0 aliphatic rings. The molecular formula is C13H10Br2N2O2. The number of benzene rings is 1. The van der Waals surface area contributed by atoms with Gasteiger partial charge < -0.3 is 4.74 Å². The lowest BCUT2D eigenvalue weighted by Gasteiger charge is -2.07. The topological polar surface area (TPSA) is 51.2 Å². The van der Waals surface area contributed by atoms with Crippen LogP contribution in [0.3, 0.4) is 0 Å². The zero-order chi connectivity index (χ0) is 13.7. The van der Waals surface area contributed by atoms with Crippen LogP contribution in [-0.4, -0.2) is 11.1 Å². The Hall–Kier alpha value is -1.40. The molecule has 19 heavy (non-hydrogen) atoms. The van der Waals surface area contributed by atoms with Gasteiger partial charge in [0.1, 0.15) is 15.8 Å². The van der Waals surface area contributed by atoms with Gasteiger partial charge in [-0.15, -0.1) is 0 Å². The molecule has 0 atom stereocenters. The van der Waals surface area contributed by atoms with Crippen molar-refractivity contribution in [1.29, 1.82) is 0 Å². The molecule has 0 radical (unpaired) electrons. The first kappa shape index (κ1) is 14.0. The maximum absolute atomic E-state index is 11.6. The Balaban J connectivity index is 1.91. The number of nitrogens with zero attached hydrogens (tertiary/aromatic N) is 1. The van der Waals surface area contributed by atoms with Crippen LogP contribution < -0.4 is 5.32 Å². The molecule has 0 bridgehead atoms. The number of carbonyl (C=O) groups is 1. The summed E-state index contributed by atoms with van der Waals surface area (Å²) >= 11 is 6.49. The summed E-state index contributed by atoms with van der Waals surface area (Å²) in [7, 11) is 0. The van der Waals surface area contributed by atoms with Crippen molar-refractivity contribution < 1.29 is 9.53 Å². The fourth-order valence-corrected chi connectivity index (χ4v) is 2.53. The molecule has 98 valence electrons. The Morgan fingerprint density at radius 3 is 2.42 bits per heavy atom. The molecule has 6 heteroatoms. The number of hydrogen-bond acceptors (Lipinski definition) is 3. The molecule has 0 spiro atoms. The molecule has 2 rings (SSSR count). The number of nitrogens with one attached hydrogen (secondary N) is 1. The summed E-state index contributed by atoms with van der Waals surface area (Å²) in [6.07, 6.45) is -0.506. The highest BCUT2D eigenvalue weighted by Crippen LogP contribution is 2.19. The molecule has 1 aromatic heterocycles.